The first-order chi connectivity index (χ1) is 9.31. The lowest BCUT2D eigenvalue weighted by Gasteiger charge is -2.13. The molecule has 2 heterocycles. The van der Waals surface area contributed by atoms with Crippen LogP contribution in [0.2, 0.25) is 0 Å². The van der Waals surface area contributed by atoms with Crippen LogP contribution >= 0.6 is 0 Å². The van der Waals surface area contributed by atoms with E-state index in [-0.39, 0.29) is 0 Å². The molecule has 100 valence electrons. The molecule has 0 bridgehead atoms. The Kier molecular flexibility index (Phi) is 3.51. The fourth-order valence-electron chi connectivity index (χ4n) is 2.50. The molecule has 1 fully saturated rings. The molecule has 0 amide bonds. The summed E-state index contributed by atoms with van der Waals surface area (Å²) >= 11 is 0. The normalized spacial score (nSPS) is 18.8. The van der Waals surface area contributed by atoms with E-state index in [9.17, 15) is 0 Å². The fraction of sp³-hybridized carbons (Fsp3) is 0.400. The molecule has 4 nitrogen and oxygen atoms in total. The van der Waals surface area contributed by atoms with Gasteiger partial charge in [0.1, 0.15) is 5.82 Å². The molecule has 2 N–H and O–H groups in total. The average molecular weight is 257 g/mol. The van der Waals surface area contributed by atoms with E-state index >= 15 is 0 Å². The monoisotopic (exact) mass is 257 g/mol. The van der Waals surface area contributed by atoms with Crippen molar-refractivity contribution in [3.8, 4) is 0 Å². The molecular weight excluding hydrogens is 238 g/mol. The highest BCUT2D eigenvalue weighted by molar-refractivity contribution is 5.39. The topological polar surface area (TPSA) is 53.1 Å². The van der Waals surface area contributed by atoms with E-state index in [2.05, 4.69) is 21.7 Å². The highest BCUT2D eigenvalue weighted by Crippen LogP contribution is 2.16. The molecule has 1 aliphatic heterocycles. The fourth-order valence-corrected chi connectivity index (χ4v) is 2.50. The van der Waals surface area contributed by atoms with Crippen molar-refractivity contribution in [3.63, 3.8) is 0 Å². The van der Waals surface area contributed by atoms with Crippen molar-refractivity contribution in [2.75, 3.05) is 12.3 Å². The summed E-state index contributed by atoms with van der Waals surface area (Å²) in [5.74, 6) is 1.08. The molecule has 1 aromatic carbocycles. The number of nitrogens with zero attached hydrogens (tertiary/aromatic N) is 2. The van der Waals surface area contributed by atoms with Crippen LogP contribution in [0.4, 0.5) is 5.69 Å². The van der Waals surface area contributed by atoms with E-state index in [0.717, 1.165) is 37.5 Å². The second-order valence-corrected chi connectivity index (χ2v) is 5.05. The molecule has 0 aliphatic carbocycles. The third-order valence-corrected chi connectivity index (χ3v) is 3.57. The van der Waals surface area contributed by atoms with Crippen LogP contribution in [-0.4, -0.2) is 22.3 Å². The van der Waals surface area contributed by atoms with Crippen LogP contribution < -0.4 is 5.73 Å². The van der Waals surface area contributed by atoms with Gasteiger partial charge in [0.05, 0.1) is 12.6 Å². The van der Waals surface area contributed by atoms with Gasteiger partial charge in [-0.25, -0.2) is 4.98 Å². The van der Waals surface area contributed by atoms with Gasteiger partial charge < -0.3 is 15.0 Å². The van der Waals surface area contributed by atoms with Gasteiger partial charge in [0.15, 0.2) is 0 Å². The van der Waals surface area contributed by atoms with Crippen LogP contribution in [0.5, 0.6) is 0 Å². The molecule has 0 saturated carbocycles. The molecule has 1 saturated heterocycles. The van der Waals surface area contributed by atoms with Crippen LogP contribution in [0.25, 0.3) is 0 Å². The summed E-state index contributed by atoms with van der Waals surface area (Å²) in [6, 6.07) is 7.98. The molecule has 3 rings (SSSR count). The van der Waals surface area contributed by atoms with E-state index in [4.69, 9.17) is 10.5 Å². The third-order valence-electron chi connectivity index (χ3n) is 3.57. The average Bonchev–Trinajstić information content (AvgIpc) is 3.06. The summed E-state index contributed by atoms with van der Waals surface area (Å²) in [4.78, 5) is 4.45. The van der Waals surface area contributed by atoms with Gasteiger partial charge in [-0.15, -0.1) is 0 Å². The van der Waals surface area contributed by atoms with E-state index in [0.29, 0.717) is 6.10 Å². The largest absolute Gasteiger partial charge is 0.399 e. The maximum Gasteiger partial charge on any atom is 0.113 e. The number of hydrogen-bond acceptors (Lipinski definition) is 3. The maximum absolute atomic E-state index is 5.70. The third kappa shape index (κ3) is 2.96. The first-order valence-corrected chi connectivity index (χ1v) is 6.77. The lowest BCUT2D eigenvalue weighted by molar-refractivity contribution is 0.0963. The van der Waals surface area contributed by atoms with E-state index in [1.165, 1.54) is 12.0 Å². The standard InChI is InChI=1S/C15H19N3O/c16-13-5-3-12(4-6-13)10-15-17-7-8-18(15)11-14-2-1-9-19-14/h3-8,14H,1-2,9-11,16H2. The predicted molar refractivity (Wildman–Crippen MR) is 74.9 cm³/mol. The smallest absolute Gasteiger partial charge is 0.113 e. The van der Waals surface area contributed by atoms with Gasteiger partial charge in [0.2, 0.25) is 0 Å². The van der Waals surface area contributed by atoms with Crippen molar-refractivity contribution in [1.29, 1.82) is 0 Å². The van der Waals surface area contributed by atoms with E-state index in [1.807, 2.05) is 24.5 Å². The van der Waals surface area contributed by atoms with Crippen LogP contribution in [-0.2, 0) is 17.7 Å². The minimum absolute atomic E-state index is 0.347. The zero-order valence-electron chi connectivity index (χ0n) is 11.0. The SMILES string of the molecule is Nc1ccc(Cc2nccn2CC2CCCO2)cc1. The Morgan fingerprint density at radius 3 is 2.89 bits per heavy atom. The lowest BCUT2D eigenvalue weighted by atomic mass is 10.1. The van der Waals surface area contributed by atoms with Gasteiger partial charge in [-0.1, -0.05) is 12.1 Å². The molecule has 0 radical (unpaired) electrons. The van der Waals surface area contributed by atoms with Crippen molar-refractivity contribution in [2.45, 2.75) is 31.9 Å². The minimum Gasteiger partial charge on any atom is -0.399 e. The van der Waals surface area contributed by atoms with Crippen molar-refractivity contribution < 1.29 is 4.74 Å². The van der Waals surface area contributed by atoms with Gasteiger partial charge in [-0.3, -0.25) is 0 Å². The van der Waals surface area contributed by atoms with Crippen LogP contribution in [0, 0.1) is 0 Å². The van der Waals surface area contributed by atoms with Crippen LogP contribution in [0.3, 0.4) is 0 Å². The highest BCUT2D eigenvalue weighted by Gasteiger charge is 2.17. The Bertz CT molecular complexity index is 527. The Hall–Kier alpha value is -1.81. The lowest BCUT2D eigenvalue weighted by Crippen LogP contribution is -2.16. The van der Waals surface area contributed by atoms with Gasteiger partial charge in [0.25, 0.3) is 0 Å². The summed E-state index contributed by atoms with van der Waals surface area (Å²) in [7, 11) is 0. The molecule has 1 aliphatic rings. The Labute approximate surface area is 113 Å². The van der Waals surface area contributed by atoms with Gasteiger partial charge in [-0.05, 0) is 30.5 Å². The van der Waals surface area contributed by atoms with Crippen molar-refractivity contribution in [2.24, 2.45) is 0 Å². The second kappa shape index (κ2) is 5.45. The molecule has 1 aromatic heterocycles. The second-order valence-electron chi connectivity index (χ2n) is 5.05. The number of nitrogen functional groups attached to an aromatic ring is 1. The number of rotatable bonds is 4. The Morgan fingerprint density at radius 2 is 2.16 bits per heavy atom. The van der Waals surface area contributed by atoms with Crippen LogP contribution in [0.15, 0.2) is 36.7 Å². The molecule has 0 spiro atoms. The number of aromatic nitrogens is 2. The summed E-state index contributed by atoms with van der Waals surface area (Å²) in [5.41, 5.74) is 7.73. The first kappa shape index (κ1) is 12.2. The van der Waals surface area contributed by atoms with Gasteiger partial charge in [0, 0.05) is 31.1 Å². The minimum atomic E-state index is 0.347. The van der Waals surface area contributed by atoms with Crippen molar-refractivity contribution in [3.05, 3.63) is 48.0 Å². The number of ether oxygens (including phenoxy) is 1. The first-order valence-electron chi connectivity index (χ1n) is 6.77. The summed E-state index contributed by atoms with van der Waals surface area (Å²) in [5, 5.41) is 0. The number of benzene rings is 1. The molecular formula is C15H19N3O. The molecule has 4 heteroatoms. The highest BCUT2D eigenvalue weighted by atomic mass is 16.5. The Balaban J connectivity index is 1.70. The number of nitrogens with two attached hydrogens (primary N) is 1. The number of hydrogen-bond donors (Lipinski definition) is 1. The molecule has 19 heavy (non-hydrogen) atoms. The molecule has 1 unspecified atom stereocenters. The number of anilines is 1. The molecule has 1 atom stereocenters. The molecule has 2 aromatic rings. The van der Waals surface area contributed by atoms with E-state index < -0.39 is 0 Å². The summed E-state index contributed by atoms with van der Waals surface area (Å²) in [6.07, 6.45) is 7.40. The Morgan fingerprint density at radius 1 is 1.32 bits per heavy atom. The zero-order chi connectivity index (χ0) is 13.1. The zero-order valence-corrected chi connectivity index (χ0v) is 11.0. The van der Waals surface area contributed by atoms with Crippen molar-refractivity contribution >= 4 is 5.69 Å². The maximum atomic E-state index is 5.70. The van der Waals surface area contributed by atoms with E-state index in [1.54, 1.807) is 0 Å². The van der Waals surface area contributed by atoms with Gasteiger partial charge >= 0.3 is 0 Å². The quantitative estimate of drug-likeness (QED) is 0.855. The van der Waals surface area contributed by atoms with Crippen molar-refractivity contribution in [1.82, 2.24) is 9.55 Å². The van der Waals surface area contributed by atoms with Gasteiger partial charge in [-0.2, -0.15) is 0 Å². The number of imidazole rings is 1. The predicted octanol–water partition coefficient (Wildman–Crippen LogP) is 2.24. The van der Waals surface area contributed by atoms with Crippen LogP contribution in [0.1, 0.15) is 24.2 Å². The summed E-state index contributed by atoms with van der Waals surface area (Å²) in [6.45, 7) is 1.80. The summed E-state index contributed by atoms with van der Waals surface area (Å²) < 4.78 is 7.88.